The molecule has 2 heterocycles. The highest BCUT2D eigenvalue weighted by atomic mass is 15.2. The predicted molar refractivity (Wildman–Crippen MR) is 74.6 cm³/mol. The molecule has 1 N–H and O–H groups in total. The van der Waals surface area contributed by atoms with Gasteiger partial charge in [-0.1, -0.05) is 13.3 Å². The van der Waals surface area contributed by atoms with Crippen LogP contribution in [-0.2, 0) is 6.54 Å². The number of likely N-dealkylation sites (tertiary alicyclic amines) is 1. The third-order valence-electron chi connectivity index (χ3n) is 3.76. The zero-order valence-electron chi connectivity index (χ0n) is 11.5. The third-order valence-corrected chi connectivity index (χ3v) is 3.76. The minimum absolute atomic E-state index is 0.730. The molecule has 4 heteroatoms. The van der Waals surface area contributed by atoms with Crippen molar-refractivity contribution >= 4 is 0 Å². The highest BCUT2D eigenvalue weighted by Crippen LogP contribution is 2.16. The van der Waals surface area contributed by atoms with E-state index in [0.29, 0.717) is 0 Å². The van der Waals surface area contributed by atoms with Crippen molar-refractivity contribution in [3.8, 4) is 0 Å². The minimum Gasteiger partial charge on any atom is -0.336 e. The molecule has 1 aromatic heterocycles. The molecule has 0 aliphatic carbocycles. The fourth-order valence-corrected chi connectivity index (χ4v) is 2.69. The second-order valence-electron chi connectivity index (χ2n) is 5.19. The lowest BCUT2D eigenvalue weighted by molar-refractivity contribution is 0.140. The van der Waals surface area contributed by atoms with Crippen molar-refractivity contribution in [3.63, 3.8) is 0 Å². The number of hydrogen-bond acceptors (Lipinski definition) is 3. The molecule has 1 atom stereocenters. The summed E-state index contributed by atoms with van der Waals surface area (Å²) in [5.74, 6) is 0. The number of hydrogen-bond donors (Lipinski definition) is 1. The van der Waals surface area contributed by atoms with Crippen LogP contribution in [0.5, 0.6) is 0 Å². The molecule has 4 nitrogen and oxygen atoms in total. The SMILES string of the molecule is CCCNCC1CCCCN1CCn1ccnc1. The van der Waals surface area contributed by atoms with Crippen LogP contribution in [0.25, 0.3) is 0 Å². The average molecular weight is 250 g/mol. The number of nitrogens with one attached hydrogen (secondary N) is 1. The molecule has 1 fully saturated rings. The van der Waals surface area contributed by atoms with Crippen LogP contribution in [0.3, 0.4) is 0 Å². The normalized spacial score (nSPS) is 21.3. The molecule has 102 valence electrons. The molecule has 0 spiro atoms. The van der Waals surface area contributed by atoms with E-state index in [-0.39, 0.29) is 0 Å². The van der Waals surface area contributed by atoms with Gasteiger partial charge in [-0.3, -0.25) is 4.90 Å². The maximum atomic E-state index is 4.10. The van der Waals surface area contributed by atoms with Crippen molar-refractivity contribution in [3.05, 3.63) is 18.7 Å². The molecule has 1 unspecified atom stereocenters. The van der Waals surface area contributed by atoms with Crippen LogP contribution in [0, 0.1) is 0 Å². The van der Waals surface area contributed by atoms with Gasteiger partial charge < -0.3 is 9.88 Å². The van der Waals surface area contributed by atoms with Gasteiger partial charge in [-0.15, -0.1) is 0 Å². The molecule has 1 saturated heterocycles. The Hall–Kier alpha value is -0.870. The average Bonchev–Trinajstić information content (AvgIpc) is 2.91. The molecule has 2 rings (SSSR count). The van der Waals surface area contributed by atoms with Gasteiger partial charge in [0.25, 0.3) is 0 Å². The quantitative estimate of drug-likeness (QED) is 0.748. The zero-order chi connectivity index (χ0) is 12.6. The zero-order valence-corrected chi connectivity index (χ0v) is 11.5. The van der Waals surface area contributed by atoms with E-state index in [2.05, 4.69) is 26.7 Å². The first kappa shape index (κ1) is 13.6. The number of nitrogens with zero attached hydrogens (tertiary/aromatic N) is 3. The van der Waals surface area contributed by atoms with Gasteiger partial charge in [0.05, 0.1) is 6.33 Å². The van der Waals surface area contributed by atoms with Gasteiger partial charge in [-0.2, -0.15) is 0 Å². The molecule has 0 radical (unpaired) electrons. The highest BCUT2D eigenvalue weighted by molar-refractivity contribution is 4.80. The van der Waals surface area contributed by atoms with Crippen molar-refractivity contribution in [2.24, 2.45) is 0 Å². The van der Waals surface area contributed by atoms with Crippen molar-refractivity contribution in [2.45, 2.75) is 45.2 Å². The second-order valence-corrected chi connectivity index (χ2v) is 5.19. The summed E-state index contributed by atoms with van der Waals surface area (Å²) in [6.07, 6.45) is 11.1. The lowest BCUT2D eigenvalue weighted by atomic mass is 10.0. The van der Waals surface area contributed by atoms with Crippen LogP contribution in [0.15, 0.2) is 18.7 Å². The first-order valence-corrected chi connectivity index (χ1v) is 7.30. The Morgan fingerprint density at radius 1 is 1.33 bits per heavy atom. The molecular formula is C14H26N4. The second kappa shape index (κ2) is 7.54. The summed E-state index contributed by atoms with van der Waals surface area (Å²) in [6, 6.07) is 0.730. The van der Waals surface area contributed by atoms with Crippen LogP contribution in [-0.4, -0.2) is 46.7 Å². The van der Waals surface area contributed by atoms with Crippen LogP contribution < -0.4 is 5.32 Å². The monoisotopic (exact) mass is 250 g/mol. The number of rotatable bonds is 7. The van der Waals surface area contributed by atoms with Gasteiger partial charge in [-0.25, -0.2) is 4.98 Å². The Labute approximate surface area is 110 Å². The van der Waals surface area contributed by atoms with E-state index in [9.17, 15) is 0 Å². The Morgan fingerprint density at radius 3 is 3.06 bits per heavy atom. The Bertz CT molecular complexity index is 310. The lowest BCUT2D eigenvalue weighted by Crippen LogP contribution is -2.46. The maximum Gasteiger partial charge on any atom is 0.0946 e. The van der Waals surface area contributed by atoms with E-state index in [0.717, 1.165) is 32.2 Å². The Morgan fingerprint density at radius 2 is 2.28 bits per heavy atom. The maximum absolute atomic E-state index is 4.10. The number of piperidine rings is 1. The minimum atomic E-state index is 0.730. The number of aromatic nitrogens is 2. The molecule has 0 saturated carbocycles. The molecule has 18 heavy (non-hydrogen) atoms. The summed E-state index contributed by atoms with van der Waals surface area (Å²) >= 11 is 0. The van der Waals surface area contributed by atoms with E-state index >= 15 is 0 Å². The van der Waals surface area contributed by atoms with E-state index in [1.54, 1.807) is 0 Å². The highest BCUT2D eigenvalue weighted by Gasteiger charge is 2.21. The molecule has 1 aliphatic heterocycles. The summed E-state index contributed by atoms with van der Waals surface area (Å²) in [5, 5.41) is 3.57. The van der Waals surface area contributed by atoms with E-state index < -0.39 is 0 Å². The molecule has 0 bridgehead atoms. The van der Waals surface area contributed by atoms with Gasteiger partial charge in [0.15, 0.2) is 0 Å². The fourth-order valence-electron chi connectivity index (χ4n) is 2.69. The summed E-state index contributed by atoms with van der Waals surface area (Å²) in [4.78, 5) is 6.74. The first-order chi connectivity index (χ1) is 8.90. The van der Waals surface area contributed by atoms with Gasteiger partial charge in [0.1, 0.15) is 0 Å². The van der Waals surface area contributed by atoms with Gasteiger partial charge in [0, 0.05) is 38.1 Å². The van der Waals surface area contributed by atoms with Crippen LogP contribution in [0.2, 0.25) is 0 Å². The Kier molecular flexibility index (Phi) is 5.68. The standard InChI is InChI=1S/C14H26N4/c1-2-6-15-12-14-5-3-4-8-18(14)11-10-17-9-7-16-13-17/h7,9,13-15H,2-6,8,10-12H2,1H3. The van der Waals surface area contributed by atoms with E-state index in [1.165, 1.54) is 32.2 Å². The van der Waals surface area contributed by atoms with Gasteiger partial charge in [0.2, 0.25) is 0 Å². The van der Waals surface area contributed by atoms with Crippen molar-refractivity contribution < 1.29 is 0 Å². The topological polar surface area (TPSA) is 33.1 Å². The van der Waals surface area contributed by atoms with Crippen LogP contribution in [0.4, 0.5) is 0 Å². The van der Waals surface area contributed by atoms with Crippen molar-refractivity contribution in [1.82, 2.24) is 19.8 Å². The molecule has 1 aromatic rings. The first-order valence-electron chi connectivity index (χ1n) is 7.30. The lowest BCUT2D eigenvalue weighted by Gasteiger charge is -2.36. The summed E-state index contributed by atoms with van der Waals surface area (Å²) in [5.41, 5.74) is 0. The van der Waals surface area contributed by atoms with Crippen molar-refractivity contribution in [2.75, 3.05) is 26.2 Å². The van der Waals surface area contributed by atoms with Crippen molar-refractivity contribution in [1.29, 1.82) is 0 Å². The van der Waals surface area contributed by atoms with Gasteiger partial charge in [-0.05, 0) is 32.4 Å². The molecular weight excluding hydrogens is 224 g/mol. The largest absolute Gasteiger partial charge is 0.336 e. The third kappa shape index (κ3) is 4.10. The summed E-state index contributed by atoms with van der Waals surface area (Å²) < 4.78 is 2.17. The fraction of sp³-hybridized carbons (Fsp3) is 0.786. The summed E-state index contributed by atoms with van der Waals surface area (Å²) in [7, 11) is 0. The molecule has 1 aliphatic rings. The molecule has 0 aromatic carbocycles. The van der Waals surface area contributed by atoms with E-state index in [4.69, 9.17) is 0 Å². The summed E-state index contributed by atoms with van der Waals surface area (Å²) in [6.45, 7) is 7.99. The van der Waals surface area contributed by atoms with Gasteiger partial charge >= 0.3 is 0 Å². The number of imidazole rings is 1. The molecule has 0 amide bonds. The van der Waals surface area contributed by atoms with Crippen LogP contribution in [0.1, 0.15) is 32.6 Å². The van der Waals surface area contributed by atoms with Crippen LogP contribution >= 0.6 is 0 Å². The smallest absolute Gasteiger partial charge is 0.0946 e. The predicted octanol–water partition coefficient (Wildman–Crippen LogP) is 1.74. The Balaban J connectivity index is 1.76. The van der Waals surface area contributed by atoms with E-state index in [1.807, 2.05) is 18.7 Å².